The molecule has 5 heteroatoms. The monoisotopic (exact) mass is 224 g/mol. The first-order valence-electron chi connectivity index (χ1n) is 5.15. The van der Waals surface area contributed by atoms with Gasteiger partial charge in [-0.15, -0.1) is 0 Å². The van der Waals surface area contributed by atoms with Gasteiger partial charge in [-0.1, -0.05) is 7.43 Å². The summed E-state index contributed by atoms with van der Waals surface area (Å²) in [6, 6.07) is 0. The van der Waals surface area contributed by atoms with Crippen molar-refractivity contribution in [3.05, 3.63) is 18.0 Å². The van der Waals surface area contributed by atoms with Gasteiger partial charge in [0.1, 0.15) is 0 Å². The van der Waals surface area contributed by atoms with Crippen LogP contribution in [0, 0.1) is 0 Å². The van der Waals surface area contributed by atoms with Gasteiger partial charge in [0.15, 0.2) is 0 Å². The molecule has 1 saturated heterocycles. The molecule has 0 spiro atoms. The zero-order valence-electron chi connectivity index (χ0n) is 8.93. The summed E-state index contributed by atoms with van der Waals surface area (Å²) in [5, 5.41) is 8.87. The topological polar surface area (TPSA) is 52.5 Å². The predicted molar refractivity (Wildman–Crippen MR) is 64.4 cm³/mol. The fraction of sp³-hybridized carbons (Fsp3) is 0.636. The standard InChI is InChI=1S/C10H16N4O.CH4/c1-13-2-4-14(5-3-13)10-11-6-9(8-15)7-12-10;/h6-7,15H,2-5,8H2,1H3;1H4. The average Bonchev–Trinajstić information content (AvgIpc) is 2.30. The van der Waals surface area contributed by atoms with E-state index in [0.717, 1.165) is 37.7 Å². The average molecular weight is 224 g/mol. The van der Waals surface area contributed by atoms with Crippen LogP contribution in [0.4, 0.5) is 5.95 Å². The first-order chi connectivity index (χ1) is 7.29. The van der Waals surface area contributed by atoms with E-state index in [1.54, 1.807) is 12.4 Å². The number of aromatic nitrogens is 2. The molecule has 5 nitrogen and oxygen atoms in total. The molecule has 0 bridgehead atoms. The van der Waals surface area contributed by atoms with Gasteiger partial charge in [0.25, 0.3) is 0 Å². The number of aliphatic hydroxyl groups is 1. The Balaban J connectivity index is 0.00000128. The molecule has 0 radical (unpaired) electrons. The smallest absolute Gasteiger partial charge is 0.225 e. The molecule has 1 fully saturated rings. The second-order valence-electron chi connectivity index (χ2n) is 3.84. The molecule has 1 aliphatic heterocycles. The van der Waals surface area contributed by atoms with Crippen molar-refractivity contribution in [1.29, 1.82) is 0 Å². The number of likely N-dealkylation sites (N-methyl/N-ethyl adjacent to an activating group) is 1. The molecular weight excluding hydrogens is 204 g/mol. The van der Waals surface area contributed by atoms with Gasteiger partial charge < -0.3 is 14.9 Å². The van der Waals surface area contributed by atoms with Gasteiger partial charge in [-0.25, -0.2) is 9.97 Å². The van der Waals surface area contributed by atoms with E-state index in [2.05, 4.69) is 26.8 Å². The highest BCUT2D eigenvalue weighted by atomic mass is 16.3. The summed E-state index contributed by atoms with van der Waals surface area (Å²) in [6.45, 7) is 4.03. The fourth-order valence-corrected chi connectivity index (χ4v) is 1.60. The van der Waals surface area contributed by atoms with E-state index in [1.165, 1.54) is 0 Å². The van der Waals surface area contributed by atoms with Crippen molar-refractivity contribution in [2.24, 2.45) is 0 Å². The first kappa shape index (κ1) is 12.9. The molecule has 1 N–H and O–H groups in total. The maximum absolute atomic E-state index is 8.87. The summed E-state index contributed by atoms with van der Waals surface area (Å²) >= 11 is 0. The van der Waals surface area contributed by atoms with Gasteiger partial charge in [-0.3, -0.25) is 0 Å². The number of aliphatic hydroxyl groups excluding tert-OH is 1. The van der Waals surface area contributed by atoms with Gasteiger partial charge in [0.2, 0.25) is 5.95 Å². The van der Waals surface area contributed by atoms with Crippen LogP contribution in [-0.2, 0) is 6.61 Å². The van der Waals surface area contributed by atoms with E-state index >= 15 is 0 Å². The van der Waals surface area contributed by atoms with Crippen molar-refractivity contribution in [1.82, 2.24) is 14.9 Å². The van der Waals surface area contributed by atoms with Gasteiger partial charge in [-0.2, -0.15) is 0 Å². The number of piperazine rings is 1. The van der Waals surface area contributed by atoms with Crippen LogP contribution in [0.15, 0.2) is 12.4 Å². The molecule has 0 aromatic carbocycles. The maximum atomic E-state index is 8.87. The largest absolute Gasteiger partial charge is 0.392 e. The van der Waals surface area contributed by atoms with E-state index in [1.807, 2.05) is 0 Å². The molecular formula is C11H20N4O. The van der Waals surface area contributed by atoms with Crippen LogP contribution in [0.1, 0.15) is 13.0 Å². The van der Waals surface area contributed by atoms with Crippen LogP contribution in [0.25, 0.3) is 0 Å². The second-order valence-corrected chi connectivity index (χ2v) is 3.84. The van der Waals surface area contributed by atoms with Gasteiger partial charge in [0.05, 0.1) is 6.61 Å². The van der Waals surface area contributed by atoms with Gasteiger partial charge in [0, 0.05) is 44.1 Å². The predicted octanol–water partition coefficient (Wildman–Crippen LogP) is 0.357. The summed E-state index contributed by atoms with van der Waals surface area (Å²) in [5.74, 6) is 0.764. The Morgan fingerprint density at radius 2 is 1.75 bits per heavy atom. The molecule has 0 atom stereocenters. The quantitative estimate of drug-likeness (QED) is 0.786. The van der Waals surface area contributed by atoms with Crippen LogP contribution < -0.4 is 4.90 Å². The number of nitrogens with zero attached hydrogens (tertiary/aromatic N) is 4. The summed E-state index contributed by atoms with van der Waals surface area (Å²) in [4.78, 5) is 12.9. The van der Waals surface area contributed by atoms with Crippen molar-refractivity contribution in [2.45, 2.75) is 14.0 Å². The van der Waals surface area contributed by atoms with Crippen molar-refractivity contribution < 1.29 is 5.11 Å². The van der Waals surface area contributed by atoms with Crippen molar-refractivity contribution in [3.8, 4) is 0 Å². The van der Waals surface area contributed by atoms with Crippen LogP contribution in [0.2, 0.25) is 0 Å². The third-order valence-electron chi connectivity index (χ3n) is 2.66. The van der Waals surface area contributed by atoms with Crippen molar-refractivity contribution in [3.63, 3.8) is 0 Å². The maximum Gasteiger partial charge on any atom is 0.225 e. The van der Waals surface area contributed by atoms with Crippen LogP contribution in [-0.4, -0.2) is 53.2 Å². The highest BCUT2D eigenvalue weighted by Crippen LogP contribution is 2.09. The molecule has 2 rings (SSSR count). The van der Waals surface area contributed by atoms with Crippen LogP contribution >= 0.6 is 0 Å². The zero-order chi connectivity index (χ0) is 10.7. The molecule has 1 aromatic heterocycles. The highest BCUT2D eigenvalue weighted by molar-refractivity contribution is 5.30. The van der Waals surface area contributed by atoms with Gasteiger partial charge >= 0.3 is 0 Å². The van der Waals surface area contributed by atoms with Crippen LogP contribution in [0.3, 0.4) is 0 Å². The molecule has 0 saturated carbocycles. The van der Waals surface area contributed by atoms with E-state index in [4.69, 9.17) is 5.11 Å². The number of hydrogen-bond acceptors (Lipinski definition) is 5. The zero-order valence-corrected chi connectivity index (χ0v) is 8.93. The highest BCUT2D eigenvalue weighted by Gasteiger charge is 2.15. The lowest BCUT2D eigenvalue weighted by molar-refractivity contribution is 0.280. The lowest BCUT2D eigenvalue weighted by Crippen LogP contribution is -2.45. The number of hydrogen-bond donors (Lipinski definition) is 1. The van der Waals surface area contributed by atoms with Crippen LogP contribution in [0.5, 0.6) is 0 Å². The fourth-order valence-electron chi connectivity index (χ4n) is 1.60. The third-order valence-corrected chi connectivity index (χ3v) is 2.66. The first-order valence-corrected chi connectivity index (χ1v) is 5.15. The normalized spacial score (nSPS) is 17.0. The van der Waals surface area contributed by atoms with Crippen molar-refractivity contribution in [2.75, 3.05) is 38.1 Å². The van der Waals surface area contributed by atoms with Crippen molar-refractivity contribution >= 4 is 5.95 Å². The summed E-state index contributed by atoms with van der Waals surface area (Å²) < 4.78 is 0. The molecule has 0 unspecified atom stereocenters. The lowest BCUT2D eigenvalue weighted by Gasteiger charge is -2.32. The lowest BCUT2D eigenvalue weighted by atomic mass is 10.3. The molecule has 16 heavy (non-hydrogen) atoms. The second kappa shape index (κ2) is 5.77. The van der Waals surface area contributed by atoms with Gasteiger partial charge in [-0.05, 0) is 7.05 Å². The Kier molecular flexibility index (Phi) is 4.64. The molecule has 2 heterocycles. The van der Waals surface area contributed by atoms with E-state index < -0.39 is 0 Å². The minimum atomic E-state index is 0. The van der Waals surface area contributed by atoms with E-state index in [0.29, 0.717) is 0 Å². The Hall–Kier alpha value is -1.20. The summed E-state index contributed by atoms with van der Waals surface area (Å²) in [5.41, 5.74) is 0.757. The molecule has 1 aromatic rings. The minimum Gasteiger partial charge on any atom is -0.392 e. The molecule has 0 amide bonds. The minimum absolute atomic E-state index is 0. The number of anilines is 1. The SMILES string of the molecule is C.CN1CCN(c2ncc(CO)cn2)CC1. The Morgan fingerprint density at radius 3 is 2.25 bits per heavy atom. The molecule has 90 valence electrons. The summed E-state index contributed by atoms with van der Waals surface area (Å²) in [6.07, 6.45) is 3.36. The Morgan fingerprint density at radius 1 is 1.19 bits per heavy atom. The molecule has 1 aliphatic rings. The van der Waals surface area contributed by atoms with E-state index in [9.17, 15) is 0 Å². The Bertz CT molecular complexity index is 306. The molecule has 0 aliphatic carbocycles. The number of rotatable bonds is 2. The summed E-state index contributed by atoms with van der Waals surface area (Å²) in [7, 11) is 2.12. The van der Waals surface area contributed by atoms with E-state index in [-0.39, 0.29) is 14.0 Å². The third kappa shape index (κ3) is 2.90. The Labute approximate surface area is 96.7 Å².